The van der Waals surface area contributed by atoms with E-state index < -0.39 is 11.6 Å². The average molecular weight is 345 g/mol. The molecule has 0 spiro atoms. The quantitative estimate of drug-likeness (QED) is 0.788. The van der Waals surface area contributed by atoms with Crippen LogP contribution in [0.15, 0.2) is 24.4 Å². The molecule has 0 bridgehead atoms. The Bertz CT molecular complexity index is 880. The molecule has 1 aromatic carbocycles. The highest BCUT2D eigenvalue weighted by Gasteiger charge is 2.25. The summed E-state index contributed by atoms with van der Waals surface area (Å²) in [7, 11) is 1.82. The van der Waals surface area contributed by atoms with Crippen LogP contribution in [0.3, 0.4) is 0 Å². The normalized spacial score (nSPS) is 15.7. The zero-order valence-corrected chi connectivity index (χ0v) is 13.7. The van der Waals surface area contributed by atoms with Gasteiger partial charge in [0.1, 0.15) is 5.82 Å². The molecule has 0 amide bonds. The summed E-state index contributed by atoms with van der Waals surface area (Å²) in [6.45, 7) is 1.67. The van der Waals surface area contributed by atoms with Gasteiger partial charge in [-0.25, -0.2) is 18.4 Å². The van der Waals surface area contributed by atoms with E-state index in [-0.39, 0.29) is 5.92 Å². The van der Waals surface area contributed by atoms with E-state index in [0.29, 0.717) is 11.3 Å². The van der Waals surface area contributed by atoms with E-state index in [1.54, 1.807) is 16.9 Å². The standard InChI is InChI=1S/C16H17F2N7/c1-24-16(21-22-23-24)25-6-4-10(5-7-25)15-19-9-14(20-15)11-2-3-12(17)13(18)8-11/h2-3,8-10H,4-7H2,1H3,(H,19,20). The molecule has 1 fully saturated rings. The van der Waals surface area contributed by atoms with Crippen molar-refractivity contribution in [2.24, 2.45) is 7.05 Å². The van der Waals surface area contributed by atoms with Gasteiger partial charge in [-0.05, 0) is 41.5 Å². The number of halogens is 2. The van der Waals surface area contributed by atoms with E-state index in [4.69, 9.17) is 0 Å². The van der Waals surface area contributed by atoms with E-state index in [1.807, 2.05) is 7.05 Å². The van der Waals surface area contributed by atoms with Crippen LogP contribution in [0.4, 0.5) is 14.7 Å². The zero-order chi connectivity index (χ0) is 17.4. The molecule has 1 saturated heterocycles. The second-order valence-corrected chi connectivity index (χ2v) is 6.17. The Kier molecular flexibility index (Phi) is 3.90. The van der Waals surface area contributed by atoms with Gasteiger partial charge < -0.3 is 9.88 Å². The van der Waals surface area contributed by atoms with E-state index in [1.165, 1.54) is 6.07 Å². The highest BCUT2D eigenvalue weighted by molar-refractivity contribution is 5.58. The molecule has 130 valence electrons. The summed E-state index contributed by atoms with van der Waals surface area (Å²) in [5.41, 5.74) is 1.27. The van der Waals surface area contributed by atoms with E-state index in [2.05, 4.69) is 30.4 Å². The molecule has 2 aromatic heterocycles. The maximum absolute atomic E-state index is 13.4. The fourth-order valence-corrected chi connectivity index (χ4v) is 3.20. The molecule has 7 nitrogen and oxygen atoms in total. The molecule has 0 aliphatic carbocycles. The molecule has 1 aliphatic rings. The van der Waals surface area contributed by atoms with Gasteiger partial charge in [0, 0.05) is 31.6 Å². The molecule has 0 radical (unpaired) electrons. The van der Waals surface area contributed by atoms with Crippen LogP contribution in [-0.4, -0.2) is 43.3 Å². The van der Waals surface area contributed by atoms with Crippen molar-refractivity contribution >= 4 is 5.95 Å². The Morgan fingerprint density at radius 1 is 1.16 bits per heavy atom. The number of tetrazole rings is 1. The Morgan fingerprint density at radius 3 is 2.64 bits per heavy atom. The van der Waals surface area contributed by atoms with Gasteiger partial charge >= 0.3 is 0 Å². The number of aryl methyl sites for hydroxylation is 1. The number of imidazole rings is 1. The fourth-order valence-electron chi connectivity index (χ4n) is 3.20. The van der Waals surface area contributed by atoms with Crippen molar-refractivity contribution in [2.45, 2.75) is 18.8 Å². The molecule has 1 aliphatic heterocycles. The van der Waals surface area contributed by atoms with Crippen LogP contribution in [0.2, 0.25) is 0 Å². The summed E-state index contributed by atoms with van der Waals surface area (Å²) in [6, 6.07) is 3.84. The number of H-pyrrole nitrogens is 1. The molecule has 0 atom stereocenters. The number of nitrogens with one attached hydrogen (secondary N) is 1. The van der Waals surface area contributed by atoms with Crippen molar-refractivity contribution in [3.8, 4) is 11.3 Å². The van der Waals surface area contributed by atoms with E-state index >= 15 is 0 Å². The van der Waals surface area contributed by atoms with Crippen LogP contribution in [0.5, 0.6) is 0 Å². The Morgan fingerprint density at radius 2 is 1.96 bits per heavy atom. The van der Waals surface area contributed by atoms with Crippen molar-refractivity contribution in [1.82, 2.24) is 30.2 Å². The number of aromatic nitrogens is 6. The third kappa shape index (κ3) is 2.97. The maximum Gasteiger partial charge on any atom is 0.245 e. The van der Waals surface area contributed by atoms with Crippen molar-refractivity contribution in [3.63, 3.8) is 0 Å². The number of benzene rings is 1. The van der Waals surface area contributed by atoms with Crippen molar-refractivity contribution in [3.05, 3.63) is 41.9 Å². The highest BCUT2D eigenvalue weighted by Crippen LogP contribution is 2.29. The number of aromatic amines is 1. The summed E-state index contributed by atoms with van der Waals surface area (Å²) < 4.78 is 28.1. The first-order valence-electron chi connectivity index (χ1n) is 8.09. The average Bonchev–Trinajstić information content (AvgIpc) is 3.27. The minimum absolute atomic E-state index is 0.288. The van der Waals surface area contributed by atoms with Gasteiger partial charge in [0.15, 0.2) is 11.6 Å². The van der Waals surface area contributed by atoms with Gasteiger partial charge in [-0.1, -0.05) is 5.10 Å². The maximum atomic E-state index is 13.4. The van der Waals surface area contributed by atoms with Gasteiger partial charge in [-0.2, -0.15) is 0 Å². The van der Waals surface area contributed by atoms with Crippen molar-refractivity contribution < 1.29 is 8.78 Å². The zero-order valence-electron chi connectivity index (χ0n) is 13.7. The monoisotopic (exact) mass is 345 g/mol. The molecule has 3 aromatic rings. The highest BCUT2D eigenvalue weighted by atomic mass is 19.2. The topological polar surface area (TPSA) is 75.5 Å². The third-order valence-corrected chi connectivity index (χ3v) is 4.59. The SMILES string of the molecule is Cn1nnnc1N1CCC(c2ncc(-c3ccc(F)c(F)c3)[nH]2)CC1. The molecule has 25 heavy (non-hydrogen) atoms. The van der Waals surface area contributed by atoms with Gasteiger partial charge in [0.25, 0.3) is 0 Å². The van der Waals surface area contributed by atoms with Crippen LogP contribution in [-0.2, 0) is 7.05 Å². The largest absolute Gasteiger partial charge is 0.342 e. The Labute approximate surface area is 142 Å². The Balaban J connectivity index is 1.46. The lowest BCUT2D eigenvalue weighted by Gasteiger charge is -2.30. The summed E-state index contributed by atoms with van der Waals surface area (Å²) in [5.74, 6) is 0.209. The molecule has 1 N–H and O–H groups in total. The minimum Gasteiger partial charge on any atom is -0.342 e. The number of piperidine rings is 1. The lowest BCUT2D eigenvalue weighted by Crippen LogP contribution is -2.35. The Hall–Kier alpha value is -2.84. The predicted octanol–water partition coefficient (Wildman–Crippen LogP) is 2.26. The molecule has 9 heteroatoms. The first-order valence-corrected chi connectivity index (χ1v) is 8.09. The molecule has 4 rings (SSSR count). The lowest BCUT2D eigenvalue weighted by molar-refractivity contribution is 0.479. The number of hydrogen-bond donors (Lipinski definition) is 1. The number of nitrogens with zero attached hydrogens (tertiary/aromatic N) is 6. The number of hydrogen-bond acceptors (Lipinski definition) is 5. The molecule has 3 heterocycles. The van der Waals surface area contributed by atoms with Crippen LogP contribution < -0.4 is 4.90 Å². The minimum atomic E-state index is -0.862. The summed E-state index contributed by atoms with van der Waals surface area (Å²) in [6.07, 6.45) is 3.50. The smallest absolute Gasteiger partial charge is 0.245 e. The van der Waals surface area contributed by atoms with E-state index in [0.717, 1.165) is 43.8 Å². The van der Waals surface area contributed by atoms with Crippen molar-refractivity contribution in [1.29, 1.82) is 0 Å². The van der Waals surface area contributed by atoms with Gasteiger partial charge in [0.2, 0.25) is 5.95 Å². The summed E-state index contributed by atoms with van der Waals surface area (Å²) in [4.78, 5) is 9.83. The molecule has 0 saturated carbocycles. The molecular formula is C16H17F2N7. The number of anilines is 1. The van der Waals surface area contributed by atoms with Crippen LogP contribution in [0.25, 0.3) is 11.3 Å². The van der Waals surface area contributed by atoms with Gasteiger partial charge in [-0.3, -0.25) is 0 Å². The predicted molar refractivity (Wildman–Crippen MR) is 86.9 cm³/mol. The van der Waals surface area contributed by atoms with Crippen LogP contribution in [0, 0.1) is 11.6 Å². The van der Waals surface area contributed by atoms with Gasteiger partial charge in [-0.15, -0.1) is 0 Å². The first-order chi connectivity index (χ1) is 12.1. The fraction of sp³-hybridized carbons (Fsp3) is 0.375. The van der Waals surface area contributed by atoms with Crippen LogP contribution >= 0.6 is 0 Å². The number of rotatable bonds is 3. The summed E-state index contributed by atoms with van der Waals surface area (Å²) >= 11 is 0. The van der Waals surface area contributed by atoms with Crippen LogP contribution in [0.1, 0.15) is 24.6 Å². The molecule has 0 unspecified atom stereocenters. The second-order valence-electron chi connectivity index (χ2n) is 6.17. The molecular weight excluding hydrogens is 328 g/mol. The summed E-state index contributed by atoms with van der Waals surface area (Å²) in [5, 5.41) is 11.6. The lowest BCUT2D eigenvalue weighted by atomic mass is 9.96. The third-order valence-electron chi connectivity index (χ3n) is 4.59. The first kappa shape index (κ1) is 15.7. The van der Waals surface area contributed by atoms with E-state index in [9.17, 15) is 8.78 Å². The second kappa shape index (κ2) is 6.23. The van der Waals surface area contributed by atoms with Gasteiger partial charge in [0.05, 0.1) is 11.9 Å². The van der Waals surface area contributed by atoms with Crippen molar-refractivity contribution in [2.75, 3.05) is 18.0 Å².